The van der Waals surface area contributed by atoms with Gasteiger partial charge in [-0.1, -0.05) is 24.3 Å². The Morgan fingerprint density at radius 2 is 1.14 bits per heavy atom. The molecule has 0 aromatic rings. The predicted molar refractivity (Wildman–Crippen MR) is 55.6 cm³/mol. The van der Waals surface area contributed by atoms with Crippen LogP contribution in [0.4, 0.5) is 0 Å². The summed E-state index contributed by atoms with van der Waals surface area (Å²) in [5.74, 6) is 1.62. The van der Waals surface area contributed by atoms with E-state index in [9.17, 15) is 0 Å². The first-order valence-electron chi connectivity index (χ1n) is 3.53. The van der Waals surface area contributed by atoms with Crippen LogP contribution in [-0.2, 0) is 23.8 Å². The van der Waals surface area contributed by atoms with Crippen LogP contribution >= 0.6 is 26.6 Å². The Bertz CT molecular complexity index is 189. The molecular formula is C9H8Br2O2W. The van der Waals surface area contributed by atoms with Gasteiger partial charge in [0.25, 0.3) is 0 Å². The second-order valence-corrected chi connectivity index (χ2v) is 15.2. The van der Waals surface area contributed by atoms with Crippen LogP contribution in [0.15, 0.2) is 24.3 Å². The summed E-state index contributed by atoms with van der Waals surface area (Å²) in [6, 6.07) is 0. The molecule has 0 radical (unpaired) electrons. The van der Waals surface area contributed by atoms with E-state index in [1.807, 2.05) is 0 Å². The summed E-state index contributed by atoms with van der Waals surface area (Å²) in [5.41, 5.74) is 0. The molecule has 0 unspecified atom stereocenters. The van der Waals surface area contributed by atoms with Crippen LogP contribution in [0.2, 0.25) is 0 Å². The average Bonchev–Trinajstić information content (AvgIpc) is 2.89. The molecule has 2 nitrogen and oxygen atoms in total. The Hall–Kier alpha value is 0.608. The van der Waals surface area contributed by atoms with E-state index in [0.717, 1.165) is 11.8 Å². The van der Waals surface area contributed by atoms with Crippen LogP contribution < -0.4 is 0 Å². The molecule has 14 heavy (non-hydrogen) atoms. The molecule has 0 aromatic heterocycles. The minimum atomic E-state index is -0.125. The molecule has 0 aliphatic heterocycles. The molecule has 2 rings (SSSR count). The Morgan fingerprint density at radius 3 is 1.21 bits per heavy atom. The van der Waals surface area contributed by atoms with E-state index >= 15 is 0 Å². The van der Waals surface area contributed by atoms with Gasteiger partial charge in [0, 0.05) is 0 Å². The summed E-state index contributed by atoms with van der Waals surface area (Å²) in [6.45, 7) is 9.00. The van der Waals surface area contributed by atoms with Gasteiger partial charge in [-0.2, -0.15) is 0 Å². The molecule has 0 saturated carbocycles. The van der Waals surface area contributed by atoms with Crippen LogP contribution in [0.1, 0.15) is 6.42 Å². The van der Waals surface area contributed by atoms with Crippen molar-refractivity contribution in [3.63, 3.8) is 0 Å². The Kier molecular flexibility index (Phi) is 16.5. The quantitative estimate of drug-likeness (QED) is 0.283. The van der Waals surface area contributed by atoms with Crippen LogP contribution in [0.25, 0.3) is 0 Å². The second-order valence-electron chi connectivity index (χ2n) is 2.39. The fourth-order valence-corrected chi connectivity index (χ4v) is 1.33. The molecule has 2 bridgehead atoms. The molecule has 0 saturated heterocycles. The van der Waals surface area contributed by atoms with E-state index in [-0.39, 0.29) is 14.5 Å². The van der Waals surface area contributed by atoms with Gasteiger partial charge in [0.15, 0.2) is 0 Å². The molecule has 76 valence electrons. The SMILES string of the molecule is C1=CC2C=CC1C2.[Br][W][Br].[C-]#[O+].[C-]#[O+]. The Labute approximate surface area is 105 Å². The fraction of sp³-hybridized carbons (Fsp3) is 0.333. The molecule has 0 spiro atoms. The number of fused-ring (bicyclic) bond motifs is 2. The van der Waals surface area contributed by atoms with Gasteiger partial charge in [-0.3, -0.25) is 0 Å². The summed E-state index contributed by atoms with van der Waals surface area (Å²) in [7, 11) is 0. The number of hydrogen-bond acceptors (Lipinski definition) is 0. The molecule has 2 aliphatic rings. The van der Waals surface area contributed by atoms with Crippen molar-refractivity contribution >= 4 is 26.6 Å². The second kappa shape index (κ2) is 13.6. The van der Waals surface area contributed by atoms with Crippen LogP contribution in [-0.4, -0.2) is 0 Å². The maximum atomic E-state index is 7.50. The standard InChI is InChI=1S/C7H8.2CO.2BrH.W/c1-2-7-4-3-6(1)5-7;2*1-2;;;/h1-4,6-7H,5H2;;;2*1H;/q;;;;;+2/p-2. The van der Waals surface area contributed by atoms with E-state index in [0.29, 0.717) is 0 Å². The van der Waals surface area contributed by atoms with E-state index in [1.165, 1.54) is 6.42 Å². The van der Waals surface area contributed by atoms with Crippen LogP contribution in [0, 0.1) is 25.1 Å². The van der Waals surface area contributed by atoms with Gasteiger partial charge < -0.3 is 0 Å². The van der Waals surface area contributed by atoms with Gasteiger partial charge in [0.1, 0.15) is 0 Å². The van der Waals surface area contributed by atoms with Gasteiger partial charge >= 0.3 is 63.6 Å². The van der Waals surface area contributed by atoms with Crippen molar-refractivity contribution in [3.8, 4) is 0 Å². The summed E-state index contributed by atoms with van der Waals surface area (Å²) in [5, 5.41) is 0. The molecule has 2 aliphatic carbocycles. The molecular weight excluding hydrogens is 484 g/mol. The van der Waals surface area contributed by atoms with E-state index < -0.39 is 0 Å². The average molecular weight is 492 g/mol. The van der Waals surface area contributed by atoms with E-state index in [2.05, 4.69) is 64.2 Å². The van der Waals surface area contributed by atoms with Crippen molar-refractivity contribution in [3.05, 3.63) is 37.6 Å². The van der Waals surface area contributed by atoms with Crippen molar-refractivity contribution < 1.29 is 23.8 Å². The van der Waals surface area contributed by atoms with Crippen LogP contribution in [0.3, 0.4) is 0 Å². The Balaban J connectivity index is 0. The monoisotopic (exact) mass is 490 g/mol. The molecule has 0 N–H and O–H groups in total. The van der Waals surface area contributed by atoms with Crippen molar-refractivity contribution in [1.29, 1.82) is 0 Å². The normalized spacial score (nSPS) is 23.3. The minimum absolute atomic E-state index is 0.125. The number of rotatable bonds is 0. The molecule has 0 amide bonds. The first-order valence-corrected chi connectivity index (χ1v) is 16.4. The summed E-state index contributed by atoms with van der Waals surface area (Å²) in [6.07, 6.45) is 10.5. The van der Waals surface area contributed by atoms with E-state index in [1.54, 1.807) is 0 Å². The summed E-state index contributed by atoms with van der Waals surface area (Å²) >= 11 is 6.33. The van der Waals surface area contributed by atoms with Gasteiger partial charge in [0.2, 0.25) is 0 Å². The summed E-state index contributed by atoms with van der Waals surface area (Å²) < 4.78 is 15.0. The summed E-state index contributed by atoms with van der Waals surface area (Å²) in [4.78, 5) is 0. The first-order chi connectivity index (χ1) is 6.86. The molecule has 5 heteroatoms. The zero-order valence-corrected chi connectivity index (χ0v) is 13.3. The first kappa shape index (κ1) is 17.0. The van der Waals surface area contributed by atoms with Crippen molar-refractivity contribution in [1.82, 2.24) is 0 Å². The number of allylic oxidation sites excluding steroid dienone is 4. The zero-order valence-electron chi connectivity index (χ0n) is 7.15. The van der Waals surface area contributed by atoms with Gasteiger partial charge in [-0.15, -0.1) is 0 Å². The third-order valence-corrected chi connectivity index (χ3v) is 1.76. The van der Waals surface area contributed by atoms with E-state index in [4.69, 9.17) is 9.30 Å². The van der Waals surface area contributed by atoms with Crippen molar-refractivity contribution in [2.75, 3.05) is 0 Å². The zero-order chi connectivity index (χ0) is 11.4. The number of hydrogen-bond donors (Lipinski definition) is 0. The molecule has 0 aromatic carbocycles. The third-order valence-electron chi connectivity index (χ3n) is 1.76. The third kappa shape index (κ3) is 7.96. The molecule has 0 atom stereocenters. The molecule has 0 heterocycles. The van der Waals surface area contributed by atoms with Crippen LogP contribution in [0.5, 0.6) is 0 Å². The van der Waals surface area contributed by atoms with Gasteiger partial charge in [-0.25, -0.2) is 0 Å². The topological polar surface area (TPSA) is 39.8 Å². The maximum absolute atomic E-state index is 7.50. The van der Waals surface area contributed by atoms with Crippen molar-refractivity contribution in [2.45, 2.75) is 6.42 Å². The predicted octanol–water partition coefficient (Wildman–Crippen LogP) is 3.36. The fourth-order valence-electron chi connectivity index (χ4n) is 1.33. The van der Waals surface area contributed by atoms with Gasteiger partial charge in [0.05, 0.1) is 0 Å². The van der Waals surface area contributed by atoms with Gasteiger partial charge in [-0.05, 0) is 18.3 Å². The van der Waals surface area contributed by atoms with Crippen molar-refractivity contribution in [2.24, 2.45) is 11.8 Å². The number of halogens is 2. The molecule has 0 fully saturated rings. The Morgan fingerprint density at radius 1 is 0.929 bits per heavy atom.